The van der Waals surface area contributed by atoms with Crippen LogP contribution in [0.1, 0.15) is 39.1 Å². The van der Waals surface area contributed by atoms with Crippen LogP contribution < -0.4 is 9.44 Å². The van der Waals surface area contributed by atoms with Gasteiger partial charge in [0.1, 0.15) is 5.82 Å². The summed E-state index contributed by atoms with van der Waals surface area (Å²) in [4.78, 5) is 6.94. The minimum atomic E-state index is -3.48. The summed E-state index contributed by atoms with van der Waals surface area (Å²) in [5, 5.41) is 0. The van der Waals surface area contributed by atoms with Gasteiger partial charge in [-0.3, -0.25) is 0 Å². The molecule has 16 heavy (non-hydrogen) atoms. The molecule has 1 aromatic heterocycles. The van der Waals surface area contributed by atoms with Gasteiger partial charge in [-0.1, -0.05) is 6.92 Å². The number of imidazole rings is 1. The molecule has 92 valence electrons. The first-order valence-corrected chi connectivity index (χ1v) is 6.71. The lowest BCUT2D eigenvalue weighted by molar-refractivity contribution is 0.520. The molecule has 0 fully saturated rings. The predicted molar refractivity (Wildman–Crippen MR) is 61.9 cm³/mol. The molecule has 0 saturated carbocycles. The monoisotopic (exact) mass is 246 g/mol. The van der Waals surface area contributed by atoms with E-state index in [-0.39, 0.29) is 12.1 Å². The lowest BCUT2D eigenvalue weighted by Crippen LogP contribution is -2.42. The summed E-state index contributed by atoms with van der Waals surface area (Å²) in [7, 11) is -3.48. The smallest absolute Gasteiger partial charge is 0.277 e. The molecule has 0 spiro atoms. The Morgan fingerprint density at radius 2 is 2.12 bits per heavy atom. The van der Waals surface area contributed by atoms with Crippen molar-refractivity contribution in [2.24, 2.45) is 0 Å². The third kappa shape index (κ3) is 3.92. The second kappa shape index (κ2) is 5.42. The van der Waals surface area contributed by atoms with E-state index in [0.29, 0.717) is 12.2 Å². The molecule has 6 nitrogen and oxygen atoms in total. The Kier molecular flexibility index (Phi) is 4.45. The number of aromatic nitrogens is 2. The fourth-order valence-corrected chi connectivity index (χ4v) is 2.67. The minimum Gasteiger partial charge on any atom is -0.347 e. The maximum atomic E-state index is 11.6. The molecule has 0 aliphatic rings. The number of nitrogens with one attached hydrogen (secondary N) is 3. The highest BCUT2D eigenvalue weighted by atomic mass is 32.2. The van der Waals surface area contributed by atoms with Gasteiger partial charge >= 0.3 is 0 Å². The van der Waals surface area contributed by atoms with Crippen molar-refractivity contribution in [1.29, 1.82) is 0 Å². The first-order valence-electron chi connectivity index (χ1n) is 5.23. The van der Waals surface area contributed by atoms with Crippen LogP contribution in [-0.2, 0) is 10.2 Å². The number of rotatable bonds is 6. The van der Waals surface area contributed by atoms with Crippen molar-refractivity contribution in [3.05, 3.63) is 18.2 Å². The summed E-state index contributed by atoms with van der Waals surface area (Å²) in [6.07, 6.45) is 3.90. The van der Waals surface area contributed by atoms with Crippen molar-refractivity contribution in [3.63, 3.8) is 0 Å². The zero-order valence-corrected chi connectivity index (χ0v) is 10.5. The minimum absolute atomic E-state index is 0.133. The molecule has 1 aromatic rings. The molecule has 0 saturated heterocycles. The number of aromatic amines is 1. The van der Waals surface area contributed by atoms with Crippen LogP contribution >= 0.6 is 0 Å². The van der Waals surface area contributed by atoms with Crippen molar-refractivity contribution in [2.75, 3.05) is 0 Å². The Balaban J connectivity index is 2.71. The van der Waals surface area contributed by atoms with Gasteiger partial charge in [-0.25, -0.2) is 4.98 Å². The van der Waals surface area contributed by atoms with Gasteiger partial charge in [0.05, 0.1) is 6.04 Å². The molecular formula is C9H18N4O2S. The lowest BCUT2D eigenvalue weighted by atomic mass is 10.2. The van der Waals surface area contributed by atoms with Crippen LogP contribution in [0.3, 0.4) is 0 Å². The molecule has 3 N–H and O–H groups in total. The van der Waals surface area contributed by atoms with Crippen molar-refractivity contribution < 1.29 is 8.42 Å². The van der Waals surface area contributed by atoms with Crippen LogP contribution in [0.2, 0.25) is 0 Å². The van der Waals surface area contributed by atoms with Gasteiger partial charge in [0.15, 0.2) is 0 Å². The second-order valence-electron chi connectivity index (χ2n) is 3.83. The van der Waals surface area contributed by atoms with E-state index >= 15 is 0 Å². The van der Waals surface area contributed by atoms with Gasteiger partial charge in [-0.05, 0) is 20.3 Å². The van der Waals surface area contributed by atoms with Gasteiger partial charge < -0.3 is 4.98 Å². The summed E-state index contributed by atoms with van der Waals surface area (Å²) >= 11 is 0. The van der Waals surface area contributed by atoms with Crippen molar-refractivity contribution in [2.45, 2.75) is 39.3 Å². The third-order valence-electron chi connectivity index (χ3n) is 1.95. The normalized spacial score (nSPS) is 14.2. The fraction of sp³-hybridized carbons (Fsp3) is 0.667. The Morgan fingerprint density at radius 3 is 2.56 bits per heavy atom. The maximum Gasteiger partial charge on any atom is 0.277 e. The van der Waals surface area contributed by atoms with Gasteiger partial charge in [-0.2, -0.15) is 17.9 Å². The van der Waals surface area contributed by atoms with E-state index in [1.165, 1.54) is 0 Å². The molecule has 1 heterocycles. The third-order valence-corrected chi connectivity index (χ3v) is 3.32. The molecule has 0 radical (unpaired) electrons. The predicted octanol–water partition coefficient (Wildman–Crippen LogP) is 0.693. The van der Waals surface area contributed by atoms with Crippen molar-refractivity contribution in [3.8, 4) is 0 Å². The van der Waals surface area contributed by atoms with E-state index in [2.05, 4.69) is 19.4 Å². The first kappa shape index (κ1) is 13.1. The molecule has 0 bridgehead atoms. The van der Waals surface area contributed by atoms with Gasteiger partial charge in [0.25, 0.3) is 10.2 Å². The lowest BCUT2D eigenvalue weighted by Gasteiger charge is -2.16. The molecule has 0 aliphatic heterocycles. The van der Waals surface area contributed by atoms with Gasteiger partial charge in [0, 0.05) is 18.4 Å². The van der Waals surface area contributed by atoms with E-state index in [1.54, 1.807) is 26.2 Å². The topological polar surface area (TPSA) is 86.9 Å². The zero-order chi connectivity index (χ0) is 12.2. The highest BCUT2D eigenvalue weighted by Gasteiger charge is 2.19. The van der Waals surface area contributed by atoms with E-state index < -0.39 is 10.2 Å². The molecule has 7 heteroatoms. The van der Waals surface area contributed by atoms with Crippen LogP contribution in [-0.4, -0.2) is 24.4 Å². The summed E-state index contributed by atoms with van der Waals surface area (Å²) in [6, 6.07) is -0.460. The van der Waals surface area contributed by atoms with Crippen LogP contribution in [0.4, 0.5) is 0 Å². The summed E-state index contributed by atoms with van der Waals surface area (Å²) < 4.78 is 28.3. The molecule has 1 unspecified atom stereocenters. The Morgan fingerprint density at radius 1 is 1.44 bits per heavy atom. The summed E-state index contributed by atoms with van der Waals surface area (Å²) in [5.41, 5.74) is 0. The largest absolute Gasteiger partial charge is 0.347 e. The van der Waals surface area contributed by atoms with E-state index in [1.807, 2.05) is 6.92 Å². The van der Waals surface area contributed by atoms with Gasteiger partial charge in [0.2, 0.25) is 0 Å². The second-order valence-corrected chi connectivity index (χ2v) is 5.31. The first-order chi connectivity index (χ1) is 7.44. The van der Waals surface area contributed by atoms with Crippen molar-refractivity contribution in [1.82, 2.24) is 19.4 Å². The van der Waals surface area contributed by atoms with E-state index in [0.717, 1.165) is 0 Å². The van der Waals surface area contributed by atoms with Crippen LogP contribution in [0, 0.1) is 0 Å². The quantitative estimate of drug-likeness (QED) is 0.690. The Bertz CT molecular complexity index is 399. The standard InChI is InChI=1S/C9H18N4O2S/c1-4-8(9-10-5-6-11-9)13-16(14,15)12-7(2)3/h5-8,12-13H,4H2,1-3H3,(H,10,11). The van der Waals surface area contributed by atoms with Crippen LogP contribution in [0.25, 0.3) is 0 Å². The van der Waals surface area contributed by atoms with Crippen LogP contribution in [0.5, 0.6) is 0 Å². The summed E-state index contributed by atoms with van der Waals surface area (Å²) in [5.74, 6) is 0.622. The number of hydrogen-bond acceptors (Lipinski definition) is 3. The molecule has 0 amide bonds. The number of H-pyrrole nitrogens is 1. The fourth-order valence-electron chi connectivity index (χ4n) is 1.33. The molecule has 0 aliphatic carbocycles. The van der Waals surface area contributed by atoms with E-state index in [4.69, 9.17) is 0 Å². The Labute approximate surface area is 96.0 Å². The molecule has 0 aromatic carbocycles. The highest BCUT2D eigenvalue weighted by molar-refractivity contribution is 7.87. The van der Waals surface area contributed by atoms with E-state index in [9.17, 15) is 8.42 Å². The molecule has 1 rings (SSSR count). The average Bonchev–Trinajstić information content (AvgIpc) is 2.64. The molecule has 1 atom stereocenters. The number of nitrogens with zero attached hydrogens (tertiary/aromatic N) is 1. The summed E-state index contributed by atoms with van der Waals surface area (Å²) in [6.45, 7) is 5.44. The SMILES string of the molecule is CCC(NS(=O)(=O)NC(C)C)c1ncc[nH]1. The zero-order valence-electron chi connectivity index (χ0n) is 9.69. The highest BCUT2D eigenvalue weighted by Crippen LogP contribution is 2.12. The maximum absolute atomic E-state index is 11.6. The Hall–Kier alpha value is -0.920. The average molecular weight is 246 g/mol. The number of hydrogen-bond donors (Lipinski definition) is 3. The van der Waals surface area contributed by atoms with Crippen LogP contribution in [0.15, 0.2) is 12.4 Å². The van der Waals surface area contributed by atoms with Gasteiger partial charge in [-0.15, -0.1) is 0 Å². The molecular weight excluding hydrogens is 228 g/mol. The van der Waals surface area contributed by atoms with Crippen molar-refractivity contribution >= 4 is 10.2 Å².